The molecular weight excluding hydrogens is 259 g/mol. The Morgan fingerprint density at radius 3 is 2.42 bits per heavy atom. The summed E-state index contributed by atoms with van der Waals surface area (Å²) in [4.78, 5) is 17.2. The highest BCUT2D eigenvalue weighted by Gasteiger charge is 2.37. The van der Waals surface area contributed by atoms with Gasteiger partial charge < -0.3 is 9.47 Å². The van der Waals surface area contributed by atoms with Crippen LogP contribution in [0.3, 0.4) is 0 Å². The number of imidazole rings is 1. The summed E-state index contributed by atoms with van der Waals surface area (Å²) in [6, 6.07) is 0. The number of alkyl halides is 3. The molecule has 0 saturated heterocycles. The minimum Gasteiger partial charge on any atom is -0.333 e. The van der Waals surface area contributed by atoms with Crippen molar-refractivity contribution in [1.82, 2.24) is 14.5 Å². The third-order valence-electron chi connectivity index (χ3n) is 3.02. The molecule has 0 fully saturated rings. The van der Waals surface area contributed by atoms with Crippen molar-refractivity contribution in [2.45, 2.75) is 40.0 Å². The van der Waals surface area contributed by atoms with Gasteiger partial charge in [-0.2, -0.15) is 13.2 Å². The first-order chi connectivity index (χ1) is 8.59. The number of nitrogens with zero attached hydrogens (tertiary/aromatic N) is 3. The molecule has 0 saturated carbocycles. The summed E-state index contributed by atoms with van der Waals surface area (Å²) in [5.41, 5.74) is -1.44. The predicted molar refractivity (Wildman–Crippen MR) is 62.1 cm³/mol. The summed E-state index contributed by atoms with van der Waals surface area (Å²) in [6.07, 6.45) is -3.43. The molecule has 1 aliphatic rings. The number of hydrogen-bond donors (Lipinski definition) is 0. The first-order valence-corrected chi connectivity index (χ1v) is 6.01. The van der Waals surface area contributed by atoms with Crippen molar-refractivity contribution < 1.29 is 18.0 Å². The highest BCUT2D eigenvalue weighted by molar-refractivity contribution is 5.81. The number of carbonyl (C=O) groups is 1. The summed E-state index contributed by atoms with van der Waals surface area (Å²) in [7, 11) is 0. The van der Waals surface area contributed by atoms with Crippen LogP contribution in [-0.4, -0.2) is 26.9 Å². The zero-order valence-electron chi connectivity index (χ0n) is 11.1. The molecule has 0 aliphatic carbocycles. The molecular formula is C12H16F3N3O. The van der Waals surface area contributed by atoms with Crippen LogP contribution in [0, 0.1) is 5.41 Å². The minimum absolute atomic E-state index is 0.0738. The van der Waals surface area contributed by atoms with Crippen LogP contribution in [0.25, 0.3) is 0 Å². The number of rotatable bonds is 0. The van der Waals surface area contributed by atoms with E-state index in [4.69, 9.17) is 0 Å². The Bertz CT molecular complexity index is 499. The van der Waals surface area contributed by atoms with Gasteiger partial charge in [0.25, 0.3) is 0 Å². The third-order valence-corrected chi connectivity index (χ3v) is 3.02. The molecule has 2 heterocycles. The van der Waals surface area contributed by atoms with Crippen molar-refractivity contribution in [3.05, 3.63) is 17.7 Å². The van der Waals surface area contributed by atoms with E-state index in [2.05, 4.69) is 4.98 Å². The maximum atomic E-state index is 12.6. The minimum atomic E-state index is -4.44. The molecule has 0 aromatic carbocycles. The van der Waals surface area contributed by atoms with Crippen molar-refractivity contribution in [2.75, 3.05) is 6.54 Å². The summed E-state index contributed by atoms with van der Waals surface area (Å²) >= 11 is 0. The van der Waals surface area contributed by atoms with Gasteiger partial charge in [-0.3, -0.25) is 4.79 Å². The maximum absolute atomic E-state index is 12.6. The van der Waals surface area contributed by atoms with Gasteiger partial charge in [-0.05, 0) is 0 Å². The lowest BCUT2D eigenvalue weighted by molar-refractivity contribution is -0.141. The average molecular weight is 275 g/mol. The average Bonchev–Trinajstić information content (AvgIpc) is 2.68. The predicted octanol–water partition coefficient (Wildman–Crippen LogP) is 2.29. The number of halogens is 3. The third kappa shape index (κ3) is 2.74. The van der Waals surface area contributed by atoms with Gasteiger partial charge in [-0.25, -0.2) is 4.98 Å². The second-order valence-corrected chi connectivity index (χ2v) is 5.71. The fourth-order valence-electron chi connectivity index (χ4n) is 2.04. The monoisotopic (exact) mass is 275 g/mol. The molecule has 1 aliphatic heterocycles. The molecule has 2 rings (SSSR count). The van der Waals surface area contributed by atoms with E-state index in [9.17, 15) is 18.0 Å². The van der Waals surface area contributed by atoms with Gasteiger partial charge in [0.15, 0.2) is 5.69 Å². The Kier molecular flexibility index (Phi) is 3.10. The normalized spacial score (nSPS) is 16.4. The molecule has 0 atom stereocenters. The summed E-state index contributed by atoms with van der Waals surface area (Å²) in [5, 5.41) is 0. The molecule has 0 unspecified atom stereocenters. The lowest BCUT2D eigenvalue weighted by atomic mass is 9.94. The highest BCUT2D eigenvalue weighted by Crippen LogP contribution is 2.30. The number of hydrogen-bond acceptors (Lipinski definition) is 2. The van der Waals surface area contributed by atoms with E-state index < -0.39 is 17.3 Å². The van der Waals surface area contributed by atoms with Crippen LogP contribution in [0.1, 0.15) is 32.3 Å². The van der Waals surface area contributed by atoms with Gasteiger partial charge in [0, 0.05) is 24.7 Å². The van der Waals surface area contributed by atoms with Crippen molar-refractivity contribution in [2.24, 2.45) is 5.41 Å². The second kappa shape index (κ2) is 4.25. The molecule has 4 nitrogen and oxygen atoms in total. The van der Waals surface area contributed by atoms with Crippen molar-refractivity contribution in [3.8, 4) is 0 Å². The quantitative estimate of drug-likeness (QED) is 0.728. The van der Waals surface area contributed by atoms with Crippen LogP contribution >= 0.6 is 0 Å². The zero-order valence-corrected chi connectivity index (χ0v) is 11.1. The molecule has 0 spiro atoms. The first-order valence-electron chi connectivity index (χ1n) is 6.01. The van der Waals surface area contributed by atoms with Gasteiger partial charge >= 0.3 is 6.18 Å². The van der Waals surface area contributed by atoms with Gasteiger partial charge in [0.05, 0.1) is 6.54 Å². The Hall–Kier alpha value is -1.53. The van der Waals surface area contributed by atoms with Gasteiger partial charge in [-0.15, -0.1) is 0 Å². The van der Waals surface area contributed by atoms with E-state index in [1.165, 1.54) is 4.57 Å². The molecule has 1 amide bonds. The molecule has 0 N–H and O–H groups in total. The smallest absolute Gasteiger partial charge is 0.333 e. The van der Waals surface area contributed by atoms with Crippen LogP contribution in [0.2, 0.25) is 0 Å². The van der Waals surface area contributed by atoms with Crippen LogP contribution in [-0.2, 0) is 24.1 Å². The van der Waals surface area contributed by atoms with Crippen LogP contribution < -0.4 is 0 Å². The lowest BCUT2D eigenvalue weighted by Gasteiger charge is -2.32. The summed E-state index contributed by atoms with van der Waals surface area (Å²) in [6.45, 7) is 6.26. The van der Waals surface area contributed by atoms with E-state index in [-0.39, 0.29) is 18.3 Å². The molecule has 7 heteroatoms. The fraction of sp³-hybridized carbons (Fsp3) is 0.667. The standard InChI is InChI=1S/C12H16F3N3O/c1-11(2,3)10(19)18-5-4-17-6-8(12(13,14)15)16-9(17)7-18/h6H,4-5,7H2,1-3H3. The van der Waals surface area contributed by atoms with Crippen molar-refractivity contribution >= 4 is 5.91 Å². The van der Waals surface area contributed by atoms with E-state index in [0.717, 1.165) is 6.20 Å². The number of fused-ring (bicyclic) bond motifs is 1. The van der Waals surface area contributed by atoms with E-state index in [0.29, 0.717) is 13.1 Å². The zero-order chi connectivity index (χ0) is 14.4. The van der Waals surface area contributed by atoms with Crippen molar-refractivity contribution in [1.29, 1.82) is 0 Å². The topological polar surface area (TPSA) is 38.1 Å². The maximum Gasteiger partial charge on any atom is 0.434 e. The Morgan fingerprint density at radius 2 is 1.89 bits per heavy atom. The van der Waals surface area contributed by atoms with Crippen LogP contribution in [0.4, 0.5) is 13.2 Å². The van der Waals surface area contributed by atoms with Gasteiger partial charge in [0.1, 0.15) is 5.82 Å². The fourth-order valence-corrected chi connectivity index (χ4v) is 2.04. The lowest BCUT2D eigenvalue weighted by Crippen LogP contribution is -2.43. The van der Waals surface area contributed by atoms with Gasteiger partial charge in [0.2, 0.25) is 5.91 Å². The van der Waals surface area contributed by atoms with Gasteiger partial charge in [-0.1, -0.05) is 20.8 Å². The Balaban J connectivity index is 2.21. The molecule has 0 bridgehead atoms. The second-order valence-electron chi connectivity index (χ2n) is 5.71. The Labute approximate surface area is 109 Å². The van der Waals surface area contributed by atoms with E-state index in [1.807, 2.05) is 0 Å². The molecule has 19 heavy (non-hydrogen) atoms. The van der Waals surface area contributed by atoms with Crippen molar-refractivity contribution in [3.63, 3.8) is 0 Å². The van der Waals surface area contributed by atoms with Crippen LogP contribution in [0.15, 0.2) is 6.20 Å². The Morgan fingerprint density at radius 1 is 1.26 bits per heavy atom. The van der Waals surface area contributed by atoms with E-state index >= 15 is 0 Å². The molecule has 0 radical (unpaired) electrons. The highest BCUT2D eigenvalue weighted by atomic mass is 19.4. The number of carbonyl (C=O) groups excluding carboxylic acids is 1. The SMILES string of the molecule is CC(C)(C)C(=O)N1CCn2cc(C(F)(F)F)nc2C1. The summed E-state index contributed by atoms with van der Waals surface area (Å²) < 4.78 is 39.2. The van der Waals surface area contributed by atoms with Crippen LogP contribution in [0.5, 0.6) is 0 Å². The molecule has 1 aromatic rings. The summed E-state index contributed by atoms with van der Waals surface area (Å²) in [5.74, 6) is 0.214. The number of amides is 1. The largest absolute Gasteiger partial charge is 0.434 e. The molecule has 1 aromatic heterocycles. The van der Waals surface area contributed by atoms with E-state index in [1.54, 1.807) is 25.7 Å². The number of aromatic nitrogens is 2. The first kappa shape index (κ1) is 13.9. The molecule has 106 valence electrons.